The van der Waals surface area contributed by atoms with Crippen LogP contribution in [0.4, 0.5) is 4.39 Å². The van der Waals surface area contributed by atoms with Gasteiger partial charge in [0.15, 0.2) is 0 Å². The van der Waals surface area contributed by atoms with Gasteiger partial charge in [0.1, 0.15) is 5.82 Å². The molecule has 0 aliphatic rings. The Morgan fingerprint density at radius 2 is 1.69 bits per heavy atom. The Balaban J connectivity index is 1.57. The molecular weight excluding hydrogens is 333 g/mol. The molecule has 0 fully saturated rings. The zero-order valence-electron chi connectivity index (χ0n) is 13.8. The third-order valence-corrected chi connectivity index (χ3v) is 3.74. The van der Waals surface area contributed by atoms with Crippen LogP contribution in [-0.2, 0) is 4.79 Å². The van der Waals surface area contributed by atoms with Crippen molar-refractivity contribution in [3.05, 3.63) is 83.7 Å². The molecule has 3 aromatic carbocycles. The van der Waals surface area contributed by atoms with Crippen LogP contribution in [0.1, 0.15) is 15.9 Å². The smallest absolute Gasteiger partial charge is 0.259 e. The topological polar surface area (TPSA) is 70.6 Å². The molecule has 3 rings (SSSR count). The summed E-state index contributed by atoms with van der Waals surface area (Å²) in [5.74, 6) is -1.30. The van der Waals surface area contributed by atoms with E-state index in [1.165, 1.54) is 18.3 Å². The molecule has 2 N–H and O–H groups in total. The maximum atomic E-state index is 13.4. The van der Waals surface area contributed by atoms with Crippen LogP contribution in [0.5, 0.6) is 0 Å². The first kappa shape index (κ1) is 17.3. The fraction of sp³-hybridized carbons (Fsp3) is 0.0500. The second kappa shape index (κ2) is 8.02. The molecule has 0 heterocycles. The average Bonchev–Trinajstić information content (AvgIpc) is 2.67. The minimum Gasteiger partial charge on any atom is -0.343 e. The second-order valence-electron chi connectivity index (χ2n) is 5.52. The van der Waals surface area contributed by atoms with Crippen LogP contribution in [0.2, 0.25) is 0 Å². The van der Waals surface area contributed by atoms with Gasteiger partial charge in [-0.25, -0.2) is 9.82 Å². The van der Waals surface area contributed by atoms with E-state index in [2.05, 4.69) is 15.8 Å². The maximum absolute atomic E-state index is 13.4. The number of hydrogen-bond acceptors (Lipinski definition) is 3. The Morgan fingerprint density at radius 3 is 2.54 bits per heavy atom. The number of halogens is 1. The molecule has 0 aliphatic carbocycles. The lowest BCUT2D eigenvalue weighted by molar-refractivity contribution is -0.120. The van der Waals surface area contributed by atoms with E-state index in [0.717, 1.165) is 10.8 Å². The van der Waals surface area contributed by atoms with Crippen molar-refractivity contribution in [3.8, 4) is 0 Å². The maximum Gasteiger partial charge on any atom is 0.259 e. The summed E-state index contributed by atoms with van der Waals surface area (Å²) >= 11 is 0. The molecule has 6 heteroatoms. The minimum absolute atomic E-state index is 0.239. The van der Waals surface area contributed by atoms with Gasteiger partial charge < -0.3 is 5.32 Å². The van der Waals surface area contributed by atoms with Gasteiger partial charge >= 0.3 is 0 Å². The summed E-state index contributed by atoms with van der Waals surface area (Å²) in [7, 11) is 0. The summed E-state index contributed by atoms with van der Waals surface area (Å²) in [6, 6.07) is 19.0. The molecule has 0 bridgehead atoms. The number of carbonyl (C=O) groups is 2. The molecule has 2 amide bonds. The van der Waals surface area contributed by atoms with Gasteiger partial charge in [0.05, 0.1) is 12.8 Å². The van der Waals surface area contributed by atoms with Crippen LogP contribution in [0.25, 0.3) is 10.8 Å². The molecule has 0 saturated carbocycles. The molecule has 26 heavy (non-hydrogen) atoms. The normalized spacial score (nSPS) is 10.8. The molecule has 0 unspecified atom stereocenters. The zero-order valence-corrected chi connectivity index (χ0v) is 13.8. The molecule has 0 aliphatic heterocycles. The number of rotatable bonds is 5. The first-order chi connectivity index (χ1) is 12.6. The molecule has 0 spiro atoms. The van der Waals surface area contributed by atoms with Gasteiger partial charge in [0, 0.05) is 11.1 Å². The van der Waals surface area contributed by atoms with Crippen LogP contribution >= 0.6 is 0 Å². The lowest BCUT2D eigenvalue weighted by Crippen LogP contribution is -2.35. The Kier molecular flexibility index (Phi) is 5.34. The number of hydrogen-bond donors (Lipinski definition) is 2. The summed E-state index contributed by atoms with van der Waals surface area (Å²) in [5, 5.41) is 7.99. The van der Waals surface area contributed by atoms with Crippen molar-refractivity contribution in [2.24, 2.45) is 5.10 Å². The average molecular weight is 349 g/mol. The van der Waals surface area contributed by atoms with Gasteiger partial charge in [-0.05, 0) is 22.9 Å². The second-order valence-corrected chi connectivity index (χ2v) is 5.52. The van der Waals surface area contributed by atoms with Crippen LogP contribution in [0.3, 0.4) is 0 Å². The van der Waals surface area contributed by atoms with Gasteiger partial charge in [-0.2, -0.15) is 5.10 Å². The molecule has 0 radical (unpaired) electrons. The highest BCUT2D eigenvalue weighted by Crippen LogP contribution is 2.18. The number of benzene rings is 3. The van der Waals surface area contributed by atoms with Crippen molar-refractivity contribution < 1.29 is 14.0 Å². The summed E-state index contributed by atoms with van der Waals surface area (Å²) in [5.41, 5.74) is 3.00. The lowest BCUT2D eigenvalue weighted by Gasteiger charge is -2.07. The molecule has 0 aromatic heterocycles. The molecule has 130 valence electrons. The number of nitrogens with zero attached hydrogens (tertiary/aromatic N) is 1. The van der Waals surface area contributed by atoms with Gasteiger partial charge in [-0.1, -0.05) is 54.6 Å². The Morgan fingerprint density at radius 1 is 0.962 bits per heavy atom. The fourth-order valence-electron chi connectivity index (χ4n) is 2.47. The molecular formula is C20H16FN3O2. The predicted octanol–water partition coefficient (Wildman–Crippen LogP) is 2.86. The van der Waals surface area contributed by atoms with Crippen LogP contribution in [-0.4, -0.2) is 24.6 Å². The van der Waals surface area contributed by atoms with Crippen LogP contribution < -0.4 is 10.7 Å². The number of carbonyl (C=O) groups excluding carboxylic acids is 2. The highest BCUT2D eigenvalue weighted by molar-refractivity contribution is 6.07. The number of amides is 2. The number of nitrogens with one attached hydrogen (secondary N) is 2. The largest absolute Gasteiger partial charge is 0.343 e. The zero-order chi connectivity index (χ0) is 18.4. The van der Waals surface area contributed by atoms with Crippen molar-refractivity contribution in [3.63, 3.8) is 0 Å². The number of hydrazone groups is 1. The van der Waals surface area contributed by atoms with E-state index in [0.29, 0.717) is 5.56 Å². The predicted molar refractivity (Wildman–Crippen MR) is 98.4 cm³/mol. The van der Waals surface area contributed by atoms with E-state index in [1.807, 2.05) is 30.3 Å². The quantitative estimate of drug-likeness (QED) is 0.549. The van der Waals surface area contributed by atoms with E-state index >= 15 is 0 Å². The van der Waals surface area contributed by atoms with Crippen molar-refractivity contribution in [1.29, 1.82) is 0 Å². The van der Waals surface area contributed by atoms with Crippen molar-refractivity contribution >= 4 is 28.8 Å². The Bertz CT molecular complexity index is 980. The van der Waals surface area contributed by atoms with Gasteiger partial charge in [0.25, 0.3) is 11.8 Å². The highest BCUT2D eigenvalue weighted by atomic mass is 19.1. The molecule has 0 saturated heterocycles. The van der Waals surface area contributed by atoms with E-state index < -0.39 is 11.7 Å². The molecule has 3 aromatic rings. The summed E-state index contributed by atoms with van der Waals surface area (Å²) < 4.78 is 13.4. The highest BCUT2D eigenvalue weighted by Gasteiger charge is 2.10. The van der Waals surface area contributed by atoms with Crippen molar-refractivity contribution in [2.45, 2.75) is 0 Å². The van der Waals surface area contributed by atoms with E-state index in [1.54, 1.807) is 24.3 Å². The van der Waals surface area contributed by atoms with Gasteiger partial charge in [-0.15, -0.1) is 0 Å². The van der Waals surface area contributed by atoms with E-state index in [4.69, 9.17) is 0 Å². The Hall–Kier alpha value is -3.54. The fourth-order valence-corrected chi connectivity index (χ4v) is 2.47. The first-order valence-corrected chi connectivity index (χ1v) is 7.97. The van der Waals surface area contributed by atoms with Crippen molar-refractivity contribution in [1.82, 2.24) is 10.7 Å². The third kappa shape index (κ3) is 4.10. The van der Waals surface area contributed by atoms with E-state index in [-0.39, 0.29) is 18.0 Å². The first-order valence-electron chi connectivity index (χ1n) is 7.97. The number of fused-ring (bicyclic) bond motifs is 1. The standard InChI is InChI=1S/C20H16FN3O2/c21-18-11-4-2-7-15(18)12-23-24-19(25)13-22-20(26)17-10-5-8-14-6-1-3-9-16(14)17/h1-12H,13H2,(H,22,26)(H,24,25). The summed E-state index contributed by atoms with van der Waals surface area (Å²) in [4.78, 5) is 24.1. The third-order valence-electron chi connectivity index (χ3n) is 3.74. The van der Waals surface area contributed by atoms with Gasteiger partial charge in [-0.3, -0.25) is 9.59 Å². The van der Waals surface area contributed by atoms with E-state index in [9.17, 15) is 14.0 Å². The SMILES string of the molecule is O=C(CNC(=O)c1cccc2ccccc12)NN=Cc1ccccc1F. The van der Waals surface area contributed by atoms with Crippen molar-refractivity contribution in [2.75, 3.05) is 6.54 Å². The molecule has 0 atom stereocenters. The minimum atomic E-state index is -0.508. The monoisotopic (exact) mass is 349 g/mol. The lowest BCUT2D eigenvalue weighted by atomic mass is 10.0. The Labute approximate surface area is 149 Å². The van der Waals surface area contributed by atoms with Crippen LogP contribution in [0, 0.1) is 5.82 Å². The summed E-state index contributed by atoms with van der Waals surface area (Å²) in [6.45, 7) is -0.239. The van der Waals surface area contributed by atoms with Crippen LogP contribution in [0.15, 0.2) is 71.8 Å². The summed E-state index contributed by atoms with van der Waals surface area (Å²) in [6.07, 6.45) is 1.21. The van der Waals surface area contributed by atoms with Gasteiger partial charge in [0.2, 0.25) is 0 Å². The molecule has 5 nitrogen and oxygen atoms in total.